The summed E-state index contributed by atoms with van der Waals surface area (Å²) in [6.07, 6.45) is 0.538. The molecule has 3 nitrogen and oxygen atoms in total. The van der Waals surface area contributed by atoms with Crippen molar-refractivity contribution in [3.05, 3.63) is 34.3 Å². The molecule has 80 valence electrons. The van der Waals surface area contributed by atoms with Gasteiger partial charge in [0.2, 0.25) is 5.91 Å². The third-order valence-electron chi connectivity index (χ3n) is 2.59. The molecule has 0 spiro atoms. The normalized spacial score (nSPS) is 21.1. The van der Waals surface area contributed by atoms with E-state index in [9.17, 15) is 4.79 Å². The van der Waals surface area contributed by atoms with Crippen molar-refractivity contribution in [3.63, 3.8) is 0 Å². The molecule has 1 heterocycles. The van der Waals surface area contributed by atoms with E-state index in [4.69, 9.17) is 0 Å². The van der Waals surface area contributed by atoms with E-state index in [0.717, 1.165) is 10.0 Å². The van der Waals surface area contributed by atoms with Crippen LogP contribution in [-0.2, 0) is 4.79 Å². The highest BCUT2D eigenvalue weighted by molar-refractivity contribution is 9.10. The van der Waals surface area contributed by atoms with Crippen molar-refractivity contribution in [2.45, 2.75) is 19.4 Å². The van der Waals surface area contributed by atoms with E-state index < -0.39 is 0 Å². The lowest BCUT2D eigenvalue weighted by Crippen LogP contribution is -2.34. The van der Waals surface area contributed by atoms with Crippen LogP contribution in [0.2, 0.25) is 0 Å². The van der Waals surface area contributed by atoms with Crippen LogP contribution in [0.4, 0.5) is 0 Å². The highest BCUT2D eigenvalue weighted by Crippen LogP contribution is 2.29. The number of rotatable bonds is 2. The molecule has 15 heavy (non-hydrogen) atoms. The molecule has 1 atom stereocenters. The molecule has 1 N–H and O–H groups in total. The second-order valence-corrected chi connectivity index (χ2v) is 4.40. The number of amides is 1. The first-order valence-corrected chi connectivity index (χ1v) is 5.82. The van der Waals surface area contributed by atoms with Gasteiger partial charge in [0.1, 0.15) is 0 Å². The van der Waals surface area contributed by atoms with Gasteiger partial charge in [-0.2, -0.15) is 0 Å². The molecule has 0 aromatic heterocycles. The van der Waals surface area contributed by atoms with Gasteiger partial charge in [-0.15, -0.1) is 0 Å². The predicted octanol–water partition coefficient (Wildman–Crippen LogP) is 2.25. The monoisotopic (exact) mass is 268 g/mol. The number of benzene rings is 1. The molecule has 0 radical (unpaired) electrons. The molecule has 1 saturated heterocycles. The molecular formula is C11H13BrN2O. The van der Waals surface area contributed by atoms with Crippen LogP contribution >= 0.6 is 15.9 Å². The minimum absolute atomic E-state index is 0.105. The van der Waals surface area contributed by atoms with Crippen LogP contribution in [0.3, 0.4) is 0 Å². The summed E-state index contributed by atoms with van der Waals surface area (Å²) in [6, 6.07) is 8.10. The maximum Gasteiger partial charge on any atom is 0.238 e. The molecule has 2 rings (SSSR count). The summed E-state index contributed by atoms with van der Waals surface area (Å²) >= 11 is 3.50. The van der Waals surface area contributed by atoms with Crippen molar-refractivity contribution in [1.29, 1.82) is 0 Å². The van der Waals surface area contributed by atoms with Crippen LogP contribution in [0.25, 0.3) is 0 Å². The Kier molecular flexibility index (Phi) is 3.07. The van der Waals surface area contributed by atoms with Crippen molar-refractivity contribution >= 4 is 21.8 Å². The SMILES string of the molecule is CCN1NC(c2ccccc2Br)CC1=O. The molecule has 0 aliphatic carbocycles. The zero-order valence-electron chi connectivity index (χ0n) is 8.53. The quantitative estimate of drug-likeness (QED) is 0.893. The molecule has 1 amide bonds. The Labute approximate surface area is 97.6 Å². The molecule has 1 aromatic carbocycles. The van der Waals surface area contributed by atoms with E-state index >= 15 is 0 Å². The average Bonchev–Trinajstić information content (AvgIpc) is 2.60. The maximum absolute atomic E-state index is 11.5. The fraction of sp³-hybridized carbons (Fsp3) is 0.364. The lowest BCUT2D eigenvalue weighted by atomic mass is 10.1. The minimum atomic E-state index is 0.105. The average molecular weight is 269 g/mol. The number of nitrogens with zero attached hydrogens (tertiary/aromatic N) is 1. The number of hydrazine groups is 1. The first kappa shape index (κ1) is 10.6. The smallest absolute Gasteiger partial charge is 0.238 e. The lowest BCUT2D eigenvalue weighted by Gasteiger charge is -2.16. The molecular weight excluding hydrogens is 256 g/mol. The summed E-state index contributed by atoms with van der Waals surface area (Å²) < 4.78 is 1.05. The first-order chi connectivity index (χ1) is 7.22. The standard InChI is InChI=1S/C11H13BrN2O/c1-2-14-11(15)7-10(13-14)8-5-3-4-6-9(8)12/h3-6,10,13H,2,7H2,1H3. The predicted molar refractivity (Wildman–Crippen MR) is 62.0 cm³/mol. The largest absolute Gasteiger partial charge is 0.278 e. The van der Waals surface area contributed by atoms with Gasteiger partial charge in [-0.05, 0) is 18.6 Å². The van der Waals surface area contributed by atoms with Gasteiger partial charge in [-0.25, -0.2) is 5.43 Å². The minimum Gasteiger partial charge on any atom is -0.278 e. The molecule has 0 saturated carbocycles. The Bertz CT molecular complexity index is 381. The molecule has 1 aliphatic rings. The molecule has 1 aromatic rings. The van der Waals surface area contributed by atoms with Gasteiger partial charge >= 0.3 is 0 Å². The molecule has 0 bridgehead atoms. The highest BCUT2D eigenvalue weighted by Gasteiger charge is 2.29. The Morgan fingerprint density at radius 1 is 1.53 bits per heavy atom. The van der Waals surface area contributed by atoms with Gasteiger partial charge in [0, 0.05) is 17.4 Å². The summed E-state index contributed by atoms with van der Waals surface area (Å²) in [5.41, 5.74) is 4.34. The van der Waals surface area contributed by atoms with Crippen molar-refractivity contribution in [2.75, 3.05) is 6.54 Å². The Hall–Kier alpha value is -0.870. The third kappa shape index (κ3) is 2.06. The van der Waals surface area contributed by atoms with Gasteiger partial charge in [0.05, 0.1) is 6.04 Å². The van der Waals surface area contributed by atoms with Gasteiger partial charge in [0.15, 0.2) is 0 Å². The van der Waals surface area contributed by atoms with E-state index in [2.05, 4.69) is 21.4 Å². The van der Waals surface area contributed by atoms with E-state index in [1.54, 1.807) is 5.01 Å². The van der Waals surface area contributed by atoms with Gasteiger partial charge in [0.25, 0.3) is 0 Å². The first-order valence-electron chi connectivity index (χ1n) is 5.03. The highest BCUT2D eigenvalue weighted by atomic mass is 79.9. The second-order valence-electron chi connectivity index (χ2n) is 3.55. The molecule has 1 aliphatic heterocycles. The van der Waals surface area contributed by atoms with Gasteiger partial charge < -0.3 is 0 Å². The van der Waals surface area contributed by atoms with Crippen LogP contribution in [0.5, 0.6) is 0 Å². The molecule has 4 heteroatoms. The van der Waals surface area contributed by atoms with Crippen molar-refractivity contribution in [1.82, 2.24) is 10.4 Å². The van der Waals surface area contributed by atoms with Crippen molar-refractivity contribution < 1.29 is 4.79 Å². The number of carbonyl (C=O) groups is 1. The number of hydrogen-bond acceptors (Lipinski definition) is 2. The van der Waals surface area contributed by atoms with Crippen molar-refractivity contribution in [2.24, 2.45) is 0 Å². The number of halogens is 1. The molecule has 1 fully saturated rings. The summed E-state index contributed by atoms with van der Waals surface area (Å²) in [5, 5.41) is 1.67. The van der Waals surface area contributed by atoms with E-state index in [1.165, 1.54) is 0 Å². The summed E-state index contributed by atoms with van der Waals surface area (Å²) in [5.74, 6) is 0.165. The third-order valence-corrected chi connectivity index (χ3v) is 3.31. The van der Waals surface area contributed by atoms with Crippen LogP contribution in [0.15, 0.2) is 28.7 Å². The summed E-state index contributed by atoms with van der Waals surface area (Å²) in [6.45, 7) is 2.67. The van der Waals surface area contributed by atoms with Gasteiger partial charge in [-0.3, -0.25) is 9.80 Å². The Morgan fingerprint density at radius 2 is 2.27 bits per heavy atom. The Morgan fingerprint density at radius 3 is 2.87 bits per heavy atom. The Balaban J connectivity index is 2.21. The molecule has 1 unspecified atom stereocenters. The van der Waals surface area contributed by atoms with Crippen LogP contribution < -0.4 is 5.43 Å². The summed E-state index contributed by atoms with van der Waals surface area (Å²) in [7, 11) is 0. The van der Waals surface area contributed by atoms with Gasteiger partial charge in [-0.1, -0.05) is 34.1 Å². The zero-order valence-corrected chi connectivity index (χ0v) is 10.1. The fourth-order valence-corrected chi connectivity index (χ4v) is 2.36. The van der Waals surface area contributed by atoms with Crippen LogP contribution in [-0.4, -0.2) is 17.5 Å². The maximum atomic E-state index is 11.5. The van der Waals surface area contributed by atoms with E-state index in [1.807, 2.05) is 31.2 Å². The van der Waals surface area contributed by atoms with Crippen molar-refractivity contribution in [3.8, 4) is 0 Å². The number of nitrogens with one attached hydrogen (secondary N) is 1. The lowest BCUT2D eigenvalue weighted by molar-refractivity contribution is -0.129. The van der Waals surface area contributed by atoms with Crippen LogP contribution in [0, 0.1) is 0 Å². The van der Waals surface area contributed by atoms with E-state index in [-0.39, 0.29) is 11.9 Å². The topological polar surface area (TPSA) is 32.3 Å². The van der Waals surface area contributed by atoms with E-state index in [0.29, 0.717) is 13.0 Å². The number of carbonyl (C=O) groups excluding carboxylic acids is 1. The summed E-state index contributed by atoms with van der Waals surface area (Å²) in [4.78, 5) is 11.5. The second kappa shape index (κ2) is 4.33. The number of hydrogen-bond donors (Lipinski definition) is 1. The van der Waals surface area contributed by atoms with Crippen LogP contribution in [0.1, 0.15) is 24.9 Å². The zero-order chi connectivity index (χ0) is 10.8. The fourth-order valence-electron chi connectivity index (χ4n) is 1.80.